The molecule has 1 saturated heterocycles. The number of aliphatic hydroxyl groups is 1. The molecule has 0 aromatic rings. The van der Waals surface area contributed by atoms with Gasteiger partial charge in [-0.1, -0.05) is 12.2 Å². The molecule has 1 fully saturated rings. The van der Waals surface area contributed by atoms with E-state index in [9.17, 15) is 0 Å². The lowest BCUT2D eigenvalue weighted by molar-refractivity contribution is 0.139. The van der Waals surface area contributed by atoms with E-state index in [0.717, 1.165) is 18.8 Å². The van der Waals surface area contributed by atoms with Gasteiger partial charge in [0.1, 0.15) is 0 Å². The zero-order valence-corrected chi connectivity index (χ0v) is 10.2. The largest absolute Gasteiger partial charge is 0.396 e. The summed E-state index contributed by atoms with van der Waals surface area (Å²) in [5, 5.41) is 8.84. The van der Waals surface area contributed by atoms with Crippen LogP contribution < -0.4 is 0 Å². The van der Waals surface area contributed by atoms with Crippen LogP contribution >= 0.6 is 0 Å². The number of hydrogen-bond donors (Lipinski definition) is 1. The molecule has 1 unspecified atom stereocenters. The molecule has 1 rings (SSSR count). The summed E-state index contributed by atoms with van der Waals surface area (Å²) in [5.41, 5.74) is 1.22. The SMILES string of the molecule is C=C(CCO)CC1CCCN(C(C)C)C1. The molecule has 1 heterocycles. The first kappa shape index (κ1) is 12.7. The maximum Gasteiger partial charge on any atom is 0.0468 e. The second-order valence-corrected chi connectivity index (χ2v) is 5.02. The predicted octanol–water partition coefficient (Wildman–Crippen LogP) is 2.44. The van der Waals surface area contributed by atoms with Crippen molar-refractivity contribution in [2.24, 2.45) is 5.92 Å². The zero-order valence-electron chi connectivity index (χ0n) is 10.2. The summed E-state index contributed by atoms with van der Waals surface area (Å²) >= 11 is 0. The Balaban J connectivity index is 2.33. The van der Waals surface area contributed by atoms with E-state index in [1.807, 2.05) is 0 Å². The number of aliphatic hydroxyl groups excluding tert-OH is 1. The minimum Gasteiger partial charge on any atom is -0.396 e. The monoisotopic (exact) mass is 211 g/mol. The van der Waals surface area contributed by atoms with Crippen LogP contribution in [0, 0.1) is 5.92 Å². The van der Waals surface area contributed by atoms with Crippen molar-refractivity contribution in [3.05, 3.63) is 12.2 Å². The van der Waals surface area contributed by atoms with Crippen molar-refractivity contribution < 1.29 is 5.11 Å². The summed E-state index contributed by atoms with van der Waals surface area (Å²) in [6, 6.07) is 0.666. The number of hydrogen-bond acceptors (Lipinski definition) is 2. The maximum atomic E-state index is 8.84. The molecule has 88 valence electrons. The molecule has 2 nitrogen and oxygen atoms in total. The predicted molar refractivity (Wildman–Crippen MR) is 64.9 cm³/mol. The van der Waals surface area contributed by atoms with Crippen LogP contribution in [0.2, 0.25) is 0 Å². The highest BCUT2D eigenvalue weighted by atomic mass is 16.2. The van der Waals surface area contributed by atoms with Crippen LogP contribution in [0.25, 0.3) is 0 Å². The first-order valence-electron chi connectivity index (χ1n) is 6.15. The van der Waals surface area contributed by atoms with Crippen molar-refractivity contribution in [2.45, 2.75) is 45.6 Å². The van der Waals surface area contributed by atoms with Gasteiger partial charge in [0.05, 0.1) is 0 Å². The minimum absolute atomic E-state index is 0.249. The molecule has 0 aromatic carbocycles. The van der Waals surface area contributed by atoms with Gasteiger partial charge in [-0.05, 0) is 52.0 Å². The molecule has 2 heteroatoms. The second-order valence-electron chi connectivity index (χ2n) is 5.02. The Bertz CT molecular complexity index is 201. The Morgan fingerprint density at radius 3 is 2.87 bits per heavy atom. The van der Waals surface area contributed by atoms with Crippen LogP contribution in [0.5, 0.6) is 0 Å². The number of likely N-dealkylation sites (tertiary alicyclic amines) is 1. The lowest BCUT2D eigenvalue weighted by atomic mass is 9.90. The third-order valence-electron chi connectivity index (χ3n) is 3.32. The van der Waals surface area contributed by atoms with Crippen LogP contribution in [-0.4, -0.2) is 35.7 Å². The third kappa shape index (κ3) is 4.35. The van der Waals surface area contributed by atoms with Gasteiger partial charge >= 0.3 is 0 Å². The molecule has 0 radical (unpaired) electrons. The second kappa shape index (κ2) is 6.29. The first-order chi connectivity index (χ1) is 7.13. The van der Waals surface area contributed by atoms with Crippen molar-refractivity contribution in [3.63, 3.8) is 0 Å². The summed E-state index contributed by atoms with van der Waals surface area (Å²) < 4.78 is 0. The highest BCUT2D eigenvalue weighted by Gasteiger charge is 2.21. The molecule has 1 aliphatic heterocycles. The summed E-state index contributed by atoms with van der Waals surface area (Å²) in [4.78, 5) is 2.56. The Kier molecular flexibility index (Phi) is 5.34. The Morgan fingerprint density at radius 1 is 1.53 bits per heavy atom. The quantitative estimate of drug-likeness (QED) is 0.706. The molecule has 1 atom stereocenters. The molecule has 0 bridgehead atoms. The fourth-order valence-electron chi connectivity index (χ4n) is 2.40. The van der Waals surface area contributed by atoms with E-state index in [0.29, 0.717) is 6.04 Å². The van der Waals surface area contributed by atoms with Crippen LogP contribution in [0.1, 0.15) is 39.5 Å². The molecule has 1 N–H and O–H groups in total. The van der Waals surface area contributed by atoms with Crippen molar-refractivity contribution in [1.29, 1.82) is 0 Å². The highest BCUT2D eigenvalue weighted by Crippen LogP contribution is 2.24. The van der Waals surface area contributed by atoms with E-state index in [4.69, 9.17) is 5.11 Å². The Labute approximate surface area is 94.0 Å². The normalized spacial score (nSPS) is 23.3. The molecule has 0 saturated carbocycles. The molecular weight excluding hydrogens is 186 g/mol. The Morgan fingerprint density at radius 2 is 2.27 bits per heavy atom. The van der Waals surface area contributed by atoms with Gasteiger partial charge in [-0.2, -0.15) is 0 Å². The first-order valence-corrected chi connectivity index (χ1v) is 6.15. The topological polar surface area (TPSA) is 23.5 Å². The number of rotatable bonds is 5. The third-order valence-corrected chi connectivity index (χ3v) is 3.32. The van der Waals surface area contributed by atoms with E-state index in [2.05, 4.69) is 25.3 Å². The van der Waals surface area contributed by atoms with Crippen molar-refractivity contribution in [2.75, 3.05) is 19.7 Å². The molecule has 15 heavy (non-hydrogen) atoms. The summed E-state index contributed by atoms with van der Waals surface area (Å²) in [5.74, 6) is 0.764. The van der Waals surface area contributed by atoms with E-state index >= 15 is 0 Å². The molecule has 1 aliphatic rings. The molecular formula is C13H25NO. The molecule has 0 aliphatic carbocycles. The lowest BCUT2D eigenvalue weighted by Crippen LogP contribution is -2.40. The van der Waals surface area contributed by atoms with E-state index in [1.165, 1.54) is 31.5 Å². The zero-order chi connectivity index (χ0) is 11.3. The van der Waals surface area contributed by atoms with Crippen LogP contribution in [0.4, 0.5) is 0 Å². The van der Waals surface area contributed by atoms with Crippen molar-refractivity contribution in [1.82, 2.24) is 4.90 Å². The standard InChI is InChI=1S/C13H25NO/c1-11(2)14-7-4-5-13(10-14)9-12(3)6-8-15/h11,13,15H,3-10H2,1-2H3. The van der Waals surface area contributed by atoms with Gasteiger partial charge in [-0.3, -0.25) is 0 Å². The fourth-order valence-corrected chi connectivity index (χ4v) is 2.40. The van der Waals surface area contributed by atoms with Crippen molar-refractivity contribution >= 4 is 0 Å². The molecule has 0 aromatic heterocycles. The van der Waals surface area contributed by atoms with Crippen molar-refractivity contribution in [3.8, 4) is 0 Å². The van der Waals surface area contributed by atoms with E-state index in [1.54, 1.807) is 0 Å². The van der Waals surface area contributed by atoms with E-state index in [-0.39, 0.29) is 6.61 Å². The maximum absolute atomic E-state index is 8.84. The Hall–Kier alpha value is -0.340. The van der Waals surface area contributed by atoms with Gasteiger partial charge < -0.3 is 10.0 Å². The molecule has 0 spiro atoms. The minimum atomic E-state index is 0.249. The van der Waals surface area contributed by atoms with E-state index < -0.39 is 0 Å². The van der Waals surface area contributed by atoms with Gasteiger partial charge in [0, 0.05) is 19.2 Å². The average Bonchev–Trinajstić information content (AvgIpc) is 2.18. The number of piperidine rings is 1. The fraction of sp³-hybridized carbons (Fsp3) is 0.846. The lowest BCUT2D eigenvalue weighted by Gasteiger charge is -2.35. The van der Waals surface area contributed by atoms with Gasteiger partial charge in [0.15, 0.2) is 0 Å². The van der Waals surface area contributed by atoms with Gasteiger partial charge in [-0.15, -0.1) is 0 Å². The highest BCUT2D eigenvalue weighted by molar-refractivity contribution is 4.97. The van der Waals surface area contributed by atoms with Gasteiger partial charge in [-0.25, -0.2) is 0 Å². The van der Waals surface area contributed by atoms with Crippen LogP contribution in [-0.2, 0) is 0 Å². The molecule has 0 amide bonds. The van der Waals surface area contributed by atoms with Gasteiger partial charge in [0.2, 0.25) is 0 Å². The van der Waals surface area contributed by atoms with Gasteiger partial charge in [0.25, 0.3) is 0 Å². The van der Waals surface area contributed by atoms with Crippen LogP contribution in [0.15, 0.2) is 12.2 Å². The number of nitrogens with zero attached hydrogens (tertiary/aromatic N) is 1. The van der Waals surface area contributed by atoms with Crippen LogP contribution in [0.3, 0.4) is 0 Å². The summed E-state index contributed by atoms with van der Waals surface area (Å²) in [7, 11) is 0. The summed E-state index contributed by atoms with van der Waals surface area (Å²) in [6.07, 6.45) is 4.52. The smallest absolute Gasteiger partial charge is 0.0468 e. The summed E-state index contributed by atoms with van der Waals surface area (Å²) in [6.45, 7) is 11.3. The average molecular weight is 211 g/mol.